The van der Waals surface area contributed by atoms with E-state index in [-0.39, 0.29) is 0 Å². The van der Waals surface area contributed by atoms with E-state index in [0.717, 1.165) is 11.4 Å². The van der Waals surface area contributed by atoms with Crippen LogP contribution in [-0.2, 0) is 0 Å². The molecule has 6 nitrogen and oxygen atoms in total. The van der Waals surface area contributed by atoms with E-state index >= 15 is 0 Å². The Kier molecular flexibility index (Phi) is 1.46. The number of aryl methyl sites for hydroxylation is 2. The van der Waals surface area contributed by atoms with Crippen molar-refractivity contribution in [2.24, 2.45) is 20.7 Å². The fourth-order valence-electron chi connectivity index (χ4n) is 1.14. The molecule has 0 spiro atoms. The molecule has 0 aliphatic carbocycles. The Morgan fingerprint density at radius 2 is 1.92 bits per heavy atom. The van der Waals surface area contributed by atoms with E-state index in [4.69, 9.17) is 0 Å². The summed E-state index contributed by atoms with van der Waals surface area (Å²) in [6.07, 6.45) is -0.390. The van der Waals surface area contributed by atoms with Crippen molar-refractivity contribution in [3.63, 3.8) is 0 Å². The maximum absolute atomic E-state index is 4.20. The average molecular weight is 164 g/mol. The quantitative estimate of drug-likeness (QED) is 0.623. The normalized spacial score (nSPS) is 16.2. The van der Waals surface area contributed by atoms with Gasteiger partial charge in [-0.1, -0.05) is 0 Å². The molecule has 1 aliphatic heterocycles. The van der Waals surface area contributed by atoms with Gasteiger partial charge in [0.05, 0.1) is 5.69 Å². The van der Waals surface area contributed by atoms with Gasteiger partial charge in [0.25, 0.3) is 6.29 Å². The molecule has 0 saturated carbocycles. The molecule has 1 aliphatic rings. The minimum atomic E-state index is -0.390. The Balaban J connectivity index is 2.39. The van der Waals surface area contributed by atoms with E-state index in [0.29, 0.717) is 0 Å². The molecule has 0 bridgehead atoms. The Hall–Kier alpha value is -1.59. The molecule has 12 heavy (non-hydrogen) atoms. The van der Waals surface area contributed by atoms with Gasteiger partial charge in [0.2, 0.25) is 0 Å². The summed E-state index contributed by atoms with van der Waals surface area (Å²) in [5, 5.41) is 18.6. The van der Waals surface area contributed by atoms with Crippen LogP contribution in [0.3, 0.4) is 0 Å². The molecule has 0 atom stereocenters. The molecule has 62 valence electrons. The van der Waals surface area contributed by atoms with Crippen molar-refractivity contribution in [3.05, 3.63) is 17.5 Å². The summed E-state index contributed by atoms with van der Waals surface area (Å²) in [5.74, 6) is 0. The van der Waals surface area contributed by atoms with Gasteiger partial charge in [-0.3, -0.25) is 0 Å². The van der Waals surface area contributed by atoms with Gasteiger partial charge < -0.3 is 0 Å². The predicted molar refractivity (Wildman–Crippen MR) is 40.5 cm³/mol. The summed E-state index contributed by atoms with van der Waals surface area (Å²) in [5.41, 5.74) is 1.96. The molecule has 0 unspecified atom stereocenters. The standard InChI is InChI=1S/C6H8N6/c1-4-3-5(2)12(9-4)6-7-10-11-8-6/h3,6H,1-2H3. The summed E-state index contributed by atoms with van der Waals surface area (Å²) in [6.45, 7) is 3.87. The number of hydrogen-bond acceptors (Lipinski definition) is 5. The van der Waals surface area contributed by atoms with Crippen LogP contribution in [0.25, 0.3) is 0 Å². The second-order valence-electron chi connectivity index (χ2n) is 2.63. The van der Waals surface area contributed by atoms with Crippen molar-refractivity contribution >= 4 is 0 Å². The highest BCUT2D eigenvalue weighted by atomic mass is 15.6. The lowest BCUT2D eigenvalue weighted by atomic mass is 10.4. The van der Waals surface area contributed by atoms with Crippen molar-refractivity contribution in [2.75, 3.05) is 0 Å². The van der Waals surface area contributed by atoms with Gasteiger partial charge in [-0.05, 0) is 30.4 Å². The molecule has 1 aromatic rings. The van der Waals surface area contributed by atoms with E-state index in [9.17, 15) is 0 Å². The summed E-state index contributed by atoms with van der Waals surface area (Å²) < 4.78 is 1.69. The summed E-state index contributed by atoms with van der Waals surface area (Å²) >= 11 is 0. The lowest BCUT2D eigenvalue weighted by molar-refractivity contribution is 0.472. The minimum Gasteiger partial charge on any atom is -0.222 e. The summed E-state index contributed by atoms with van der Waals surface area (Å²) in [4.78, 5) is 0. The Morgan fingerprint density at radius 3 is 2.42 bits per heavy atom. The average Bonchev–Trinajstić information content (AvgIpc) is 2.58. The fraction of sp³-hybridized carbons (Fsp3) is 0.500. The third kappa shape index (κ3) is 1.01. The molecule has 0 aromatic carbocycles. The van der Waals surface area contributed by atoms with Crippen LogP contribution in [0.15, 0.2) is 26.7 Å². The highest BCUT2D eigenvalue weighted by molar-refractivity contribution is 5.07. The molecule has 0 saturated heterocycles. The van der Waals surface area contributed by atoms with Gasteiger partial charge in [0.15, 0.2) is 0 Å². The zero-order valence-corrected chi connectivity index (χ0v) is 6.84. The smallest absolute Gasteiger partial charge is 0.222 e. The van der Waals surface area contributed by atoms with E-state index in [2.05, 4.69) is 25.8 Å². The molecular weight excluding hydrogens is 156 g/mol. The molecule has 2 heterocycles. The maximum Gasteiger partial charge on any atom is 0.277 e. The molecule has 6 heteroatoms. The number of aromatic nitrogens is 2. The number of rotatable bonds is 1. The monoisotopic (exact) mass is 164 g/mol. The Morgan fingerprint density at radius 1 is 1.25 bits per heavy atom. The first-order valence-electron chi connectivity index (χ1n) is 3.60. The van der Waals surface area contributed by atoms with Gasteiger partial charge in [0, 0.05) is 5.69 Å². The lowest BCUT2D eigenvalue weighted by Crippen LogP contribution is -2.05. The number of hydrogen-bond donors (Lipinski definition) is 0. The van der Waals surface area contributed by atoms with Crippen molar-refractivity contribution in [3.8, 4) is 0 Å². The van der Waals surface area contributed by atoms with Crippen LogP contribution in [0.4, 0.5) is 0 Å². The topological polar surface area (TPSA) is 67.3 Å². The molecule has 0 fully saturated rings. The second kappa shape index (κ2) is 2.47. The first kappa shape index (κ1) is 7.08. The zero-order chi connectivity index (χ0) is 8.55. The lowest BCUT2D eigenvalue weighted by Gasteiger charge is -2.02. The predicted octanol–water partition coefficient (Wildman–Crippen LogP) is 1.79. The molecule has 2 rings (SSSR count). The van der Waals surface area contributed by atoms with Crippen LogP contribution in [0.1, 0.15) is 17.7 Å². The zero-order valence-electron chi connectivity index (χ0n) is 6.84. The highest BCUT2D eigenvalue weighted by Crippen LogP contribution is 2.18. The van der Waals surface area contributed by atoms with Crippen molar-refractivity contribution in [2.45, 2.75) is 20.1 Å². The van der Waals surface area contributed by atoms with E-state index < -0.39 is 6.29 Å². The van der Waals surface area contributed by atoms with Gasteiger partial charge >= 0.3 is 0 Å². The van der Waals surface area contributed by atoms with Crippen LogP contribution in [0.5, 0.6) is 0 Å². The second-order valence-corrected chi connectivity index (χ2v) is 2.63. The minimum absolute atomic E-state index is 0.390. The molecule has 0 amide bonds. The molecule has 1 aromatic heterocycles. The maximum atomic E-state index is 4.20. The SMILES string of the molecule is Cc1cc(C)n(C2N=NN=N2)n1. The van der Waals surface area contributed by atoms with Crippen LogP contribution in [0, 0.1) is 13.8 Å². The number of nitrogens with zero attached hydrogens (tertiary/aromatic N) is 6. The first-order valence-corrected chi connectivity index (χ1v) is 3.60. The molecule has 0 N–H and O–H groups in total. The van der Waals surface area contributed by atoms with Crippen molar-refractivity contribution in [1.29, 1.82) is 0 Å². The van der Waals surface area contributed by atoms with Crippen LogP contribution in [-0.4, -0.2) is 9.78 Å². The van der Waals surface area contributed by atoms with Crippen molar-refractivity contribution < 1.29 is 0 Å². The van der Waals surface area contributed by atoms with Gasteiger partial charge in [0.1, 0.15) is 0 Å². The Bertz CT molecular complexity index is 337. The van der Waals surface area contributed by atoms with Crippen molar-refractivity contribution in [1.82, 2.24) is 9.78 Å². The first-order chi connectivity index (χ1) is 5.77. The third-order valence-electron chi connectivity index (χ3n) is 1.61. The van der Waals surface area contributed by atoms with E-state index in [1.165, 1.54) is 0 Å². The van der Waals surface area contributed by atoms with Crippen LogP contribution < -0.4 is 0 Å². The van der Waals surface area contributed by atoms with Crippen LogP contribution in [0.2, 0.25) is 0 Å². The molecule has 0 radical (unpaired) electrons. The van der Waals surface area contributed by atoms with Gasteiger partial charge in [-0.2, -0.15) is 5.10 Å². The fourth-order valence-corrected chi connectivity index (χ4v) is 1.14. The van der Waals surface area contributed by atoms with E-state index in [1.807, 2.05) is 19.9 Å². The molecular formula is C6H8N6. The largest absolute Gasteiger partial charge is 0.277 e. The summed E-state index contributed by atoms with van der Waals surface area (Å²) in [6, 6.07) is 1.96. The Labute approximate surface area is 69.0 Å². The van der Waals surface area contributed by atoms with E-state index in [1.54, 1.807) is 4.68 Å². The summed E-state index contributed by atoms with van der Waals surface area (Å²) in [7, 11) is 0. The third-order valence-corrected chi connectivity index (χ3v) is 1.61. The van der Waals surface area contributed by atoms with Crippen LogP contribution >= 0.6 is 0 Å². The highest BCUT2D eigenvalue weighted by Gasteiger charge is 2.14. The van der Waals surface area contributed by atoms with Gasteiger partial charge in [-0.15, -0.1) is 10.2 Å². The van der Waals surface area contributed by atoms with Gasteiger partial charge in [-0.25, -0.2) is 4.68 Å².